The number of amides is 1. The molecule has 1 aliphatic rings. The molecule has 0 radical (unpaired) electrons. The van der Waals surface area contributed by atoms with Crippen molar-refractivity contribution in [2.24, 2.45) is 11.7 Å². The van der Waals surface area contributed by atoms with E-state index in [0.717, 1.165) is 24.3 Å². The number of rotatable bonds is 2. The van der Waals surface area contributed by atoms with Crippen molar-refractivity contribution in [3.63, 3.8) is 0 Å². The molecule has 2 unspecified atom stereocenters. The second-order valence-electron chi connectivity index (χ2n) is 5.28. The van der Waals surface area contributed by atoms with Gasteiger partial charge in [-0.15, -0.1) is 22.7 Å². The molecule has 1 aliphatic heterocycles. The van der Waals surface area contributed by atoms with Crippen molar-refractivity contribution in [2.45, 2.75) is 25.8 Å². The van der Waals surface area contributed by atoms with Crippen LogP contribution in [0.15, 0.2) is 17.5 Å². The molecule has 3 heterocycles. The van der Waals surface area contributed by atoms with Gasteiger partial charge in [0.05, 0.1) is 4.88 Å². The van der Waals surface area contributed by atoms with Gasteiger partial charge >= 0.3 is 0 Å². The molecule has 0 saturated carbocycles. The highest BCUT2D eigenvalue weighted by Crippen LogP contribution is 2.32. The van der Waals surface area contributed by atoms with E-state index in [1.54, 1.807) is 22.7 Å². The molecule has 102 valence electrons. The van der Waals surface area contributed by atoms with Crippen LogP contribution in [0.5, 0.6) is 0 Å². The molecule has 5 heteroatoms. The van der Waals surface area contributed by atoms with Crippen LogP contribution < -0.4 is 5.73 Å². The van der Waals surface area contributed by atoms with Crippen molar-refractivity contribution in [2.75, 3.05) is 13.1 Å². The maximum Gasteiger partial charge on any atom is 0.264 e. The predicted molar refractivity (Wildman–Crippen MR) is 82.0 cm³/mol. The Balaban J connectivity index is 1.84. The van der Waals surface area contributed by atoms with Crippen LogP contribution in [-0.2, 0) is 0 Å². The van der Waals surface area contributed by atoms with Crippen LogP contribution in [0, 0.1) is 5.92 Å². The summed E-state index contributed by atoms with van der Waals surface area (Å²) < 4.78 is 2.42. The average molecular weight is 294 g/mol. The topological polar surface area (TPSA) is 46.3 Å². The van der Waals surface area contributed by atoms with Gasteiger partial charge in [0.2, 0.25) is 0 Å². The number of carbonyl (C=O) groups excluding carboxylic acids is 1. The van der Waals surface area contributed by atoms with Gasteiger partial charge in [-0.1, -0.05) is 6.92 Å². The lowest BCUT2D eigenvalue weighted by molar-refractivity contribution is 0.0579. The predicted octanol–water partition coefficient (Wildman–Crippen LogP) is 3.16. The number of fused-ring (bicyclic) bond motifs is 1. The fourth-order valence-electron chi connectivity index (χ4n) is 2.76. The maximum absolute atomic E-state index is 12.6. The lowest BCUT2D eigenvalue weighted by atomic mass is 9.92. The summed E-state index contributed by atoms with van der Waals surface area (Å²) in [5, 5.41) is 2.07. The van der Waals surface area contributed by atoms with E-state index in [0.29, 0.717) is 12.5 Å². The van der Waals surface area contributed by atoms with E-state index in [1.807, 2.05) is 11.0 Å². The lowest BCUT2D eigenvalue weighted by Gasteiger charge is -2.37. The molecule has 2 aromatic rings. The Morgan fingerprint density at radius 2 is 2.37 bits per heavy atom. The minimum absolute atomic E-state index is 0.163. The van der Waals surface area contributed by atoms with Crippen molar-refractivity contribution >= 4 is 38.0 Å². The molecule has 0 aliphatic carbocycles. The Morgan fingerprint density at radius 3 is 3.11 bits per heavy atom. The van der Waals surface area contributed by atoms with E-state index in [9.17, 15) is 4.79 Å². The Bertz CT molecular complexity index is 561. The third-order valence-corrected chi connectivity index (χ3v) is 5.94. The van der Waals surface area contributed by atoms with E-state index >= 15 is 0 Å². The van der Waals surface area contributed by atoms with Gasteiger partial charge in [-0.2, -0.15) is 0 Å². The van der Waals surface area contributed by atoms with E-state index < -0.39 is 0 Å². The fraction of sp³-hybridized carbons (Fsp3) is 0.500. The first-order valence-electron chi connectivity index (χ1n) is 6.67. The molecule has 2 atom stereocenters. The van der Waals surface area contributed by atoms with Gasteiger partial charge in [0.25, 0.3) is 5.91 Å². The largest absolute Gasteiger partial charge is 0.334 e. The Kier molecular flexibility index (Phi) is 3.60. The SMILES string of the molecule is CC1CCN(C(=O)c2cc3sccc3s2)C(CN)C1. The van der Waals surface area contributed by atoms with Crippen LogP contribution in [0.3, 0.4) is 0 Å². The number of piperidine rings is 1. The minimum Gasteiger partial charge on any atom is -0.334 e. The number of hydrogen-bond acceptors (Lipinski definition) is 4. The second kappa shape index (κ2) is 5.23. The van der Waals surface area contributed by atoms with Crippen molar-refractivity contribution < 1.29 is 4.79 Å². The zero-order valence-electron chi connectivity index (χ0n) is 11.0. The van der Waals surface area contributed by atoms with Gasteiger partial charge in [0.1, 0.15) is 0 Å². The monoisotopic (exact) mass is 294 g/mol. The van der Waals surface area contributed by atoms with Crippen LogP contribution in [0.25, 0.3) is 9.40 Å². The molecule has 19 heavy (non-hydrogen) atoms. The van der Waals surface area contributed by atoms with Gasteiger partial charge in [-0.05, 0) is 36.3 Å². The standard InChI is InChI=1S/C14H18N2OS2/c1-9-2-4-16(10(6-9)8-15)14(17)13-7-12-11(19-13)3-5-18-12/h3,5,7,9-10H,2,4,6,8,15H2,1H3. The number of carbonyl (C=O) groups is 1. The van der Waals surface area contributed by atoms with Gasteiger partial charge in [0, 0.05) is 28.5 Å². The first-order valence-corrected chi connectivity index (χ1v) is 8.36. The highest BCUT2D eigenvalue weighted by Gasteiger charge is 2.30. The molecule has 2 aromatic heterocycles. The van der Waals surface area contributed by atoms with Crippen LogP contribution in [0.2, 0.25) is 0 Å². The summed E-state index contributed by atoms with van der Waals surface area (Å²) in [5.41, 5.74) is 5.84. The number of hydrogen-bond donors (Lipinski definition) is 1. The summed E-state index contributed by atoms with van der Waals surface area (Å²) in [6.07, 6.45) is 2.12. The van der Waals surface area contributed by atoms with E-state index in [1.165, 1.54) is 9.40 Å². The average Bonchev–Trinajstić information content (AvgIpc) is 2.98. The summed E-state index contributed by atoms with van der Waals surface area (Å²) in [7, 11) is 0. The molecular formula is C14H18N2OS2. The maximum atomic E-state index is 12.6. The van der Waals surface area contributed by atoms with Crippen LogP contribution in [0.4, 0.5) is 0 Å². The number of thiophene rings is 2. The molecule has 0 spiro atoms. The molecule has 1 saturated heterocycles. The Labute approximate surface area is 121 Å². The van der Waals surface area contributed by atoms with Crippen LogP contribution in [0.1, 0.15) is 29.4 Å². The summed E-state index contributed by atoms with van der Waals surface area (Å²) in [5.74, 6) is 0.834. The van der Waals surface area contributed by atoms with Gasteiger partial charge in [-0.25, -0.2) is 0 Å². The van der Waals surface area contributed by atoms with Gasteiger partial charge in [0.15, 0.2) is 0 Å². The number of nitrogens with two attached hydrogens (primary N) is 1. The summed E-state index contributed by atoms with van der Waals surface area (Å²) >= 11 is 3.29. The van der Waals surface area contributed by atoms with E-state index in [2.05, 4.69) is 18.4 Å². The Morgan fingerprint density at radius 1 is 1.53 bits per heavy atom. The molecular weight excluding hydrogens is 276 g/mol. The van der Waals surface area contributed by atoms with Crippen LogP contribution >= 0.6 is 22.7 Å². The molecule has 1 amide bonds. The first kappa shape index (κ1) is 13.1. The molecule has 3 rings (SSSR count). The molecule has 3 nitrogen and oxygen atoms in total. The highest BCUT2D eigenvalue weighted by molar-refractivity contribution is 7.27. The zero-order valence-corrected chi connectivity index (χ0v) is 12.6. The fourth-order valence-corrected chi connectivity index (χ4v) is 4.82. The number of nitrogens with zero attached hydrogens (tertiary/aromatic N) is 1. The molecule has 0 aromatic carbocycles. The Hall–Kier alpha value is -0.910. The molecule has 1 fully saturated rings. The lowest BCUT2D eigenvalue weighted by Crippen LogP contribution is -2.49. The molecule has 0 bridgehead atoms. The first-order chi connectivity index (χ1) is 9.19. The number of likely N-dealkylation sites (tertiary alicyclic amines) is 1. The highest BCUT2D eigenvalue weighted by atomic mass is 32.1. The van der Waals surface area contributed by atoms with Crippen molar-refractivity contribution in [3.05, 3.63) is 22.4 Å². The van der Waals surface area contributed by atoms with E-state index in [4.69, 9.17) is 5.73 Å². The molecule has 2 N–H and O–H groups in total. The van der Waals surface area contributed by atoms with E-state index in [-0.39, 0.29) is 11.9 Å². The quantitative estimate of drug-likeness (QED) is 0.924. The third kappa shape index (κ3) is 2.42. The summed E-state index contributed by atoms with van der Waals surface area (Å²) in [6.45, 7) is 3.65. The zero-order chi connectivity index (χ0) is 13.4. The third-order valence-electron chi connectivity index (χ3n) is 3.86. The normalized spacial score (nSPS) is 24.0. The van der Waals surface area contributed by atoms with Crippen LogP contribution in [-0.4, -0.2) is 29.9 Å². The van der Waals surface area contributed by atoms with Gasteiger partial charge in [-0.3, -0.25) is 4.79 Å². The summed E-state index contributed by atoms with van der Waals surface area (Å²) in [4.78, 5) is 15.5. The minimum atomic E-state index is 0.163. The second-order valence-corrected chi connectivity index (χ2v) is 7.31. The van der Waals surface area contributed by atoms with Gasteiger partial charge < -0.3 is 10.6 Å². The van der Waals surface area contributed by atoms with Crippen molar-refractivity contribution in [1.29, 1.82) is 0 Å². The van der Waals surface area contributed by atoms with Crippen molar-refractivity contribution in [1.82, 2.24) is 4.90 Å². The van der Waals surface area contributed by atoms with Crippen molar-refractivity contribution in [3.8, 4) is 0 Å². The summed E-state index contributed by atoms with van der Waals surface area (Å²) in [6, 6.07) is 4.31. The smallest absolute Gasteiger partial charge is 0.264 e.